The molecule has 3 aromatic rings. The van der Waals surface area contributed by atoms with Crippen LogP contribution in [-0.2, 0) is 0 Å². The standard InChI is InChI=1S/C17H18ClN5/c1-12-3-2-8-22(10-12)16-15-9-21-23(17(15)20-11-19-16)14-6-4-13(18)5-7-14/h4-7,9,11-12H,2-3,8,10H2,1H3/t12-/m0/s1. The van der Waals surface area contributed by atoms with Gasteiger partial charge in [0.2, 0.25) is 0 Å². The number of hydrogen-bond donors (Lipinski definition) is 0. The fourth-order valence-electron chi connectivity index (χ4n) is 3.24. The second-order valence-corrected chi connectivity index (χ2v) is 6.60. The number of nitrogens with zero attached hydrogens (tertiary/aromatic N) is 5. The van der Waals surface area contributed by atoms with Gasteiger partial charge in [-0.1, -0.05) is 18.5 Å². The molecule has 0 bridgehead atoms. The fraction of sp³-hybridized carbons (Fsp3) is 0.353. The van der Waals surface area contributed by atoms with Crippen molar-refractivity contribution in [2.24, 2.45) is 5.92 Å². The van der Waals surface area contributed by atoms with Crippen LogP contribution in [0.15, 0.2) is 36.8 Å². The first-order valence-electron chi connectivity index (χ1n) is 7.92. The molecule has 6 heteroatoms. The minimum absolute atomic E-state index is 0.695. The Kier molecular flexibility index (Phi) is 3.65. The van der Waals surface area contributed by atoms with Crippen LogP contribution in [0.5, 0.6) is 0 Å². The Morgan fingerprint density at radius 3 is 2.78 bits per heavy atom. The lowest BCUT2D eigenvalue weighted by Gasteiger charge is -2.31. The summed E-state index contributed by atoms with van der Waals surface area (Å²) < 4.78 is 1.84. The number of benzene rings is 1. The van der Waals surface area contributed by atoms with E-state index < -0.39 is 0 Å². The number of aromatic nitrogens is 4. The molecule has 0 unspecified atom stereocenters. The number of rotatable bonds is 2. The van der Waals surface area contributed by atoms with E-state index in [4.69, 9.17) is 11.6 Å². The lowest BCUT2D eigenvalue weighted by atomic mass is 10.0. The van der Waals surface area contributed by atoms with Gasteiger partial charge in [0.25, 0.3) is 0 Å². The Hall–Kier alpha value is -2.14. The van der Waals surface area contributed by atoms with Crippen molar-refractivity contribution in [2.45, 2.75) is 19.8 Å². The van der Waals surface area contributed by atoms with Crippen molar-refractivity contribution in [2.75, 3.05) is 18.0 Å². The van der Waals surface area contributed by atoms with Crippen LogP contribution in [0.2, 0.25) is 5.02 Å². The molecule has 5 nitrogen and oxygen atoms in total. The Morgan fingerprint density at radius 1 is 1.17 bits per heavy atom. The summed E-state index contributed by atoms with van der Waals surface area (Å²) in [5.41, 5.74) is 1.77. The third-order valence-corrected chi connectivity index (χ3v) is 4.62. The zero-order valence-electron chi connectivity index (χ0n) is 13.0. The first-order chi connectivity index (χ1) is 11.2. The molecule has 1 atom stereocenters. The molecular formula is C17H18ClN5. The van der Waals surface area contributed by atoms with E-state index in [1.165, 1.54) is 12.8 Å². The van der Waals surface area contributed by atoms with Gasteiger partial charge in [0.15, 0.2) is 5.65 Å². The van der Waals surface area contributed by atoms with Crippen LogP contribution >= 0.6 is 11.6 Å². The molecular weight excluding hydrogens is 310 g/mol. The summed E-state index contributed by atoms with van der Waals surface area (Å²) in [4.78, 5) is 11.3. The van der Waals surface area contributed by atoms with Crippen LogP contribution in [0.4, 0.5) is 5.82 Å². The van der Waals surface area contributed by atoms with Gasteiger partial charge in [-0.05, 0) is 43.0 Å². The molecule has 1 aliphatic rings. The van der Waals surface area contributed by atoms with Crippen LogP contribution in [0.25, 0.3) is 16.7 Å². The zero-order valence-corrected chi connectivity index (χ0v) is 13.7. The summed E-state index contributed by atoms with van der Waals surface area (Å²) in [6, 6.07) is 7.61. The lowest BCUT2D eigenvalue weighted by Crippen LogP contribution is -2.34. The first kappa shape index (κ1) is 14.5. The molecule has 1 saturated heterocycles. The van der Waals surface area contributed by atoms with E-state index in [1.807, 2.05) is 35.1 Å². The topological polar surface area (TPSA) is 46.8 Å². The molecule has 0 radical (unpaired) electrons. The summed E-state index contributed by atoms with van der Waals surface area (Å²) in [5.74, 6) is 1.68. The smallest absolute Gasteiger partial charge is 0.168 e. The van der Waals surface area contributed by atoms with Crippen molar-refractivity contribution in [1.82, 2.24) is 19.7 Å². The van der Waals surface area contributed by atoms with Gasteiger partial charge in [-0.3, -0.25) is 0 Å². The number of fused-ring (bicyclic) bond motifs is 1. The first-order valence-corrected chi connectivity index (χ1v) is 8.30. The number of anilines is 1. The molecule has 118 valence electrons. The van der Waals surface area contributed by atoms with E-state index in [9.17, 15) is 0 Å². The van der Waals surface area contributed by atoms with Crippen molar-refractivity contribution >= 4 is 28.5 Å². The maximum atomic E-state index is 5.97. The second kappa shape index (κ2) is 5.81. The van der Waals surface area contributed by atoms with Crippen molar-refractivity contribution in [3.8, 4) is 5.69 Å². The summed E-state index contributed by atoms with van der Waals surface area (Å²) in [7, 11) is 0. The Balaban J connectivity index is 1.78. The van der Waals surface area contributed by atoms with Crippen LogP contribution in [0.3, 0.4) is 0 Å². The Morgan fingerprint density at radius 2 is 2.00 bits per heavy atom. The maximum absolute atomic E-state index is 5.97. The van der Waals surface area contributed by atoms with Crippen LogP contribution in [0, 0.1) is 5.92 Å². The molecule has 0 spiro atoms. The second-order valence-electron chi connectivity index (χ2n) is 6.16. The molecule has 4 rings (SSSR count). The summed E-state index contributed by atoms with van der Waals surface area (Å²) >= 11 is 5.97. The molecule has 3 heterocycles. The van der Waals surface area contributed by atoms with Crippen molar-refractivity contribution in [3.63, 3.8) is 0 Å². The van der Waals surface area contributed by atoms with Crippen LogP contribution < -0.4 is 4.90 Å². The van der Waals surface area contributed by atoms with E-state index in [2.05, 4.69) is 26.9 Å². The van der Waals surface area contributed by atoms with Gasteiger partial charge in [0, 0.05) is 18.1 Å². The normalized spacial score (nSPS) is 18.5. The zero-order chi connectivity index (χ0) is 15.8. The lowest BCUT2D eigenvalue weighted by molar-refractivity contribution is 0.445. The largest absolute Gasteiger partial charge is 0.356 e. The molecule has 0 N–H and O–H groups in total. The highest BCUT2D eigenvalue weighted by Gasteiger charge is 2.21. The van der Waals surface area contributed by atoms with Crippen LogP contribution in [0.1, 0.15) is 19.8 Å². The van der Waals surface area contributed by atoms with Gasteiger partial charge in [-0.15, -0.1) is 0 Å². The molecule has 2 aromatic heterocycles. The van der Waals surface area contributed by atoms with Crippen molar-refractivity contribution in [3.05, 3.63) is 41.8 Å². The number of hydrogen-bond acceptors (Lipinski definition) is 4. The van der Waals surface area contributed by atoms with Gasteiger partial charge in [-0.25, -0.2) is 14.6 Å². The molecule has 1 aliphatic heterocycles. The van der Waals surface area contributed by atoms with E-state index in [0.29, 0.717) is 10.9 Å². The summed E-state index contributed by atoms with van der Waals surface area (Å²) in [5, 5.41) is 6.22. The predicted molar refractivity (Wildman–Crippen MR) is 92.3 cm³/mol. The van der Waals surface area contributed by atoms with E-state index in [-0.39, 0.29) is 0 Å². The highest BCUT2D eigenvalue weighted by atomic mass is 35.5. The molecule has 0 saturated carbocycles. The number of piperidine rings is 1. The van der Waals surface area contributed by atoms with Crippen LogP contribution in [-0.4, -0.2) is 32.8 Å². The van der Waals surface area contributed by atoms with E-state index in [1.54, 1.807) is 6.33 Å². The molecule has 23 heavy (non-hydrogen) atoms. The molecule has 0 aliphatic carbocycles. The molecule has 0 amide bonds. The highest BCUT2D eigenvalue weighted by Crippen LogP contribution is 2.28. The van der Waals surface area contributed by atoms with Gasteiger partial charge < -0.3 is 4.90 Å². The monoisotopic (exact) mass is 327 g/mol. The molecule has 1 fully saturated rings. The SMILES string of the molecule is C[C@H]1CCCN(c2ncnc3c2cnn3-c2ccc(Cl)cc2)C1. The van der Waals surface area contributed by atoms with Crippen molar-refractivity contribution in [1.29, 1.82) is 0 Å². The highest BCUT2D eigenvalue weighted by molar-refractivity contribution is 6.30. The van der Waals surface area contributed by atoms with Crippen molar-refractivity contribution < 1.29 is 0 Å². The summed E-state index contributed by atoms with van der Waals surface area (Å²) in [6.45, 7) is 4.38. The Labute approximate surface area is 139 Å². The van der Waals surface area contributed by atoms with Gasteiger partial charge in [0.05, 0.1) is 17.3 Å². The quantitative estimate of drug-likeness (QED) is 0.720. The molecule has 1 aromatic carbocycles. The van der Waals surface area contributed by atoms with Gasteiger partial charge in [0.1, 0.15) is 12.1 Å². The average molecular weight is 328 g/mol. The minimum Gasteiger partial charge on any atom is -0.356 e. The maximum Gasteiger partial charge on any atom is 0.168 e. The third kappa shape index (κ3) is 2.65. The minimum atomic E-state index is 0.695. The predicted octanol–water partition coefficient (Wildman–Crippen LogP) is 3.71. The van der Waals surface area contributed by atoms with Gasteiger partial charge >= 0.3 is 0 Å². The van der Waals surface area contributed by atoms with Gasteiger partial charge in [-0.2, -0.15) is 5.10 Å². The van der Waals surface area contributed by atoms with E-state index >= 15 is 0 Å². The fourth-order valence-corrected chi connectivity index (χ4v) is 3.36. The number of halogens is 1. The third-order valence-electron chi connectivity index (χ3n) is 4.37. The summed E-state index contributed by atoms with van der Waals surface area (Å²) in [6.07, 6.45) is 5.98. The Bertz CT molecular complexity index is 827. The average Bonchev–Trinajstić information content (AvgIpc) is 2.99. The van der Waals surface area contributed by atoms with E-state index in [0.717, 1.165) is 35.6 Å².